The number of nitrogens with zero attached hydrogens (tertiary/aromatic N) is 1. The lowest BCUT2D eigenvalue weighted by Gasteiger charge is -2.07. The number of hydrogen-bond donors (Lipinski definition) is 2. The van der Waals surface area contributed by atoms with Crippen molar-refractivity contribution in [3.05, 3.63) is 22.4 Å². The molecule has 0 bridgehead atoms. The van der Waals surface area contributed by atoms with Gasteiger partial charge in [0.25, 0.3) is 0 Å². The largest absolute Gasteiger partial charge is 0.370 e. The maximum atomic E-state index is 5.72. The van der Waals surface area contributed by atoms with Gasteiger partial charge in [0.1, 0.15) is 0 Å². The van der Waals surface area contributed by atoms with Crippen molar-refractivity contribution in [2.75, 3.05) is 6.54 Å². The molecule has 1 heterocycles. The van der Waals surface area contributed by atoms with Gasteiger partial charge in [0, 0.05) is 6.54 Å². The summed E-state index contributed by atoms with van der Waals surface area (Å²) < 4.78 is 0. The van der Waals surface area contributed by atoms with Crippen molar-refractivity contribution in [2.24, 2.45) is 16.6 Å². The van der Waals surface area contributed by atoms with E-state index in [9.17, 15) is 0 Å². The zero-order chi connectivity index (χ0) is 11.1. The van der Waals surface area contributed by atoms with E-state index in [0.717, 1.165) is 13.0 Å². The van der Waals surface area contributed by atoms with E-state index in [1.165, 1.54) is 5.56 Å². The second-order valence-corrected chi connectivity index (χ2v) is 4.72. The lowest BCUT2D eigenvalue weighted by Crippen LogP contribution is -2.32. The molecule has 0 unspecified atom stereocenters. The van der Waals surface area contributed by atoms with Crippen LogP contribution in [0.2, 0.25) is 0 Å². The number of hydrogen-bond acceptors (Lipinski definition) is 2. The average molecular weight is 225 g/mol. The molecule has 1 aromatic rings. The van der Waals surface area contributed by atoms with Crippen LogP contribution in [0.25, 0.3) is 0 Å². The molecule has 0 radical (unpaired) electrons. The zero-order valence-corrected chi connectivity index (χ0v) is 10.2. The van der Waals surface area contributed by atoms with Crippen molar-refractivity contribution in [2.45, 2.75) is 26.8 Å². The van der Waals surface area contributed by atoms with Crippen molar-refractivity contribution < 1.29 is 0 Å². The fraction of sp³-hybridized carbons (Fsp3) is 0.545. The van der Waals surface area contributed by atoms with E-state index in [2.05, 4.69) is 35.6 Å². The number of nitrogens with one attached hydrogen (secondary N) is 1. The van der Waals surface area contributed by atoms with Crippen molar-refractivity contribution in [3.63, 3.8) is 0 Å². The van der Waals surface area contributed by atoms with Crippen LogP contribution < -0.4 is 11.1 Å². The topological polar surface area (TPSA) is 50.4 Å². The van der Waals surface area contributed by atoms with E-state index in [4.69, 9.17) is 5.73 Å². The number of thiophene rings is 1. The summed E-state index contributed by atoms with van der Waals surface area (Å²) in [5.74, 6) is 1.24. The fourth-order valence-electron chi connectivity index (χ4n) is 1.10. The van der Waals surface area contributed by atoms with Gasteiger partial charge < -0.3 is 11.1 Å². The smallest absolute Gasteiger partial charge is 0.188 e. The molecule has 3 N–H and O–H groups in total. The summed E-state index contributed by atoms with van der Waals surface area (Å²) in [7, 11) is 0. The van der Waals surface area contributed by atoms with Gasteiger partial charge in [-0.15, -0.1) is 0 Å². The molecule has 4 heteroatoms. The highest BCUT2D eigenvalue weighted by Crippen LogP contribution is 2.06. The molecule has 15 heavy (non-hydrogen) atoms. The zero-order valence-electron chi connectivity index (χ0n) is 9.36. The number of guanidine groups is 1. The van der Waals surface area contributed by atoms with Crippen molar-refractivity contribution in [3.8, 4) is 0 Å². The minimum absolute atomic E-state index is 0.543. The standard InChI is InChI=1S/C11H19N3S/c1-9(2)3-5-13-11(12)14-7-10-4-6-15-8-10/h4,6,8-9H,3,5,7H2,1-2H3,(H3,12,13,14). The molecule has 3 nitrogen and oxygen atoms in total. The Bertz CT molecular complexity index is 291. The van der Waals surface area contributed by atoms with Crippen LogP contribution in [0.3, 0.4) is 0 Å². The third-order valence-electron chi connectivity index (χ3n) is 2.04. The lowest BCUT2D eigenvalue weighted by atomic mass is 10.1. The van der Waals surface area contributed by atoms with E-state index < -0.39 is 0 Å². The van der Waals surface area contributed by atoms with E-state index in [-0.39, 0.29) is 0 Å². The summed E-state index contributed by atoms with van der Waals surface area (Å²) >= 11 is 1.68. The summed E-state index contributed by atoms with van der Waals surface area (Å²) in [4.78, 5) is 4.25. The Morgan fingerprint density at radius 2 is 2.40 bits per heavy atom. The van der Waals surface area contributed by atoms with Crippen molar-refractivity contribution >= 4 is 17.3 Å². The Labute approximate surface area is 95.4 Å². The van der Waals surface area contributed by atoms with E-state index in [0.29, 0.717) is 18.4 Å². The monoisotopic (exact) mass is 225 g/mol. The van der Waals surface area contributed by atoms with Crippen LogP contribution in [0.5, 0.6) is 0 Å². The molecule has 1 rings (SSSR count). The molecular weight excluding hydrogens is 206 g/mol. The predicted octanol–water partition coefficient (Wildman–Crippen LogP) is 2.20. The van der Waals surface area contributed by atoms with Gasteiger partial charge in [-0.2, -0.15) is 11.3 Å². The van der Waals surface area contributed by atoms with Gasteiger partial charge in [0.05, 0.1) is 6.54 Å². The van der Waals surface area contributed by atoms with Gasteiger partial charge in [0.15, 0.2) is 5.96 Å². The highest BCUT2D eigenvalue weighted by atomic mass is 32.1. The Balaban J connectivity index is 2.21. The third-order valence-corrected chi connectivity index (χ3v) is 2.77. The van der Waals surface area contributed by atoms with Gasteiger partial charge in [-0.25, -0.2) is 4.99 Å². The quantitative estimate of drug-likeness (QED) is 0.596. The normalized spacial score (nSPS) is 12.1. The van der Waals surface area contributed by atoms with Gasteiger partial charge in [-0.05, 0) is 34.7 Å². The number of rotatable bonds is 5. The molecule has 0 aromatic carbocycles. The molecule has 0 aliphatic rings. The van der Waals surface area contributed by atoms with Gasteiger partial charge in [-0.3, -0.25) is 0 Å². The summed E-state index contributed by atoms with van der Waals surface area (Å²) in [5, 5.41) is 7.24. The molecule has 1 aromatic heterocycles. The summed E-state index contributed by atoms with van der Waals surface area (Å²) in [5.41, 5.74) is 6.94. The second kappa shape index (κ2) is 6.45. The first-order chi connectivity index (χ1) is 7.18. The Kier molecular flexibility index (Phi) is 5.18. The Hall–Kier alpha value is -1.03. The maximum Gasteiger partial charge on any atom is 0.188 e. The summed E-state index contributed by atoms with van der Waals surface area (Å²) in [6.07, 6.45) is 1.12. The van der Waals surface area contributed by atoms with Crippen LogP contribution in [0.15, 0.2) is 21.8 Å². The average Bonchev–Trinajstić information content (AvgIpc) is 2.66. The molecule has 0 saturated heterocycles. The Morgan fingerprint density at radius 3 is 3.00 bits per heavy atom. The molecule has 0 spiro atoms. The highest BCUT2D eigenvalue weighted by molar-refractivity contribution is 7.07. The van der Waals surface area contributed by atoms with Gasteiger partial charge in [0.2, 0.25) is 0 Å². The molecule has 0 saturated carbocycles. The first-order valence-electron chi connectivity index (χ1n) is 5.23. The SMILES string of the molecule is CC(C)CCNC(N)=NCc1ccsc1. The van der Waals surface area contributed by atoms with Crippen LogP contribution >= 0.6 is 11.3 Å². The molecular formula is C11H19N3S. The third kappa shape index (κ3) is 5.42. The first kappa shape index (κ1) is 12.0. The Morgan fingerprint density at radius 1 is 1.60 bits per heavy atom. The summed E-state index contributed by atoms with van der Waals surface area (Å²) in [6, 6.07) is 2.07. The molecule has 84 valence electrons. The molecule has 0 aliphatic heterocycles. The van der Waals surface area contributed by atoms with E-state index >= 15 is 0 Å². The highest BCUT2D eigenvalue weighted by Gasteiger charge is 1.95. The molecule has 0 atom stereocenters. The van der Waals surface area contributed by atoms with Crippen molar-refractivity contribution in [1.29, 1.82) is 0 Å². The second-order valence-electron chi connectivity index (χ2n) is 3.94. The van der Waals surface area contributed by atoms with E-state index in [1.807, 2.05) is 5.38 Å². The van der Waals surface area contributed by atoms with Crippen LogP contribution in [0, 0.1) is 5.92 Å². The van der Waals surface area contributed by atoms with Gasteiger partial charge in [-0.1, -0.05) is 13.8 Å². The van der Waals surface area contributed by atoms with Crippen LogP contribution in [-0.4, -0.2) is 12.5 Å². The maximum absolute atomic E-state index is 5.72. The molecule has 0 amide bonds. The molecule has 0 fully saturated rings. The minimum atomic E-state index is 0.543. The predicted molar refractivity (Wildman–Crippen MR) is 67.1 cm³/mol. The van der Waals surface area contributed by atoms with Crippen LogP contribution in [0.4, 0.5) is 0 Å². The minimum Gasteiger partial charge on any atom is -0.370 e. The van der Waals surface area contributed by atoms with Crippen LogP contribution in [0.1, 0.15) is 25.8 Å². The molecule has 0 aliphatic carbocycles. The van der Waals surface area contributed by atoms with Crippen molar-refractivity contribution in [1.82, 2.24) is 5.32 Å². The fourth-order valence-corrected chi connectivity index (χ4v) is 1.76. The lowest BCUT2D eigenvalue weighted by molar-refractivity contribution is 0.576. The summed E-state index contributed by atoms with van der Waals surface area (Å²) in [6.45, 7) is 5.96. The first-order valence-corrected chi connectivity index (χ1v) is 6.17. The number of nitrogens with two attached hydrogens (primary N) is 1. The van der Waals surface area contributed by atoms with E-state index in [1.54, 1.807) is 11.3 Å². The number of aliphatic imine (C=N–C) groups is 1. The van der Waals surface area contributed by atoms with Crippen LogP contribution in [-0.2, 0) is 6.54 Å². The van der Waals surface area contributed by atoms with Gasteiger partial charge >= 0.3 is 0 Å².